The minimum atomic E-state index is 0.824. The van der Waals surface area contributed by atoms with Gasteiger partial charge >= 0.3 is 0 Å². The average Bonchev–Trinajstić information content (AvgIpc) is 2.63. The molecule has 0 fully saturated rings. The van der Waals surface area contributed by atoms with E-state index >= 15 is 0 Å². The number of hydrogen-bond acceptors (Lipinski definition) is 2. The molecule has 0 aliphatic rings. The normalized spacial score (nSPS) is 10.9. The highest BCUT2D eigenvalue weighted by molar-refractivity contribution is 5.45. The monoisotopic (exact) mass is 362 g/mol. The zero-order valence-electron chi connectivity index (χ0n) is 17.9. The second kappa shape index (κ2) is 14.9. The summed E-state index contributed by atoms with van der Waals surface area (Å²) < 4.78 is 12.0. The zero-order chi connectivity index (χ0) is 19.0. The summed E-state index contributed by atoms with van der Waals surface area (Å²) in [5.74, 6) is 2.03. The van der Waals surface area contributed by atoms with E-state index in [0.717, 1.165) is 37.6 Å². The quantitative estimate of drug-likeness (QED) is 0.279. The SMILES string of the molecule is CCCCCCCCOc1cc(C)c(OCCCCCCCC)cc1C. The van der Waals surface area contributed by atoms with Crippen LogP contribution in [0.5, 0.6) is 11.5 Å². The Morgan fingerprint density at radius 3 is 1.27 bits per heavy atom. The van der Waals surface area contributed by atoms with Crippen LogP contribution >= 0.6 is 0 Å². The summed E-state index contributed by atoms with van der Waals surface area (Å²) in [4.78, 5) is 0. The molecule has 0 bridgehead atoms. The van der Waals surface area contributed by atoms with E-state index in [0.29, 0.717) is 0 Å². The first-order valence-corrected chi connectivity index (χ1v) is 11.1. The van der Waals surface area contributed by atoms with E-state index < -0.39 is 0 Å². The van der Waals surface area contributed by atoms with E-state index in [4.69, 9.17) is 9.47 Å². The maximum Gasteiger partial charge on any atom is 0.122 e. The average molecular weight is 363 g/mol. The van der Waals surface area contributed by atoms with Gasteiger partial charge in [0.15, 0.2) is 0 Å². The molecule has 1 rings (SSSR count). The fraction of sp³-hybridized carbons (Fsp3) is 0.750. The Hall–Kier alpha value is -1.18. The first-order valence-electron chi connectivity index (χ1n) is 11.1. The van der Waals surface area contributed by atoms with Crippen molar-refractivity contribution in [2.45, 2.75) is 105 Å². The van der Waals surface area contributed by atoms with Crippen molar-refractivity contribution in [2.75, 3.05) is 13.2 Å². The molecule has 0 aliphatic carbocycles. The van der Waals surface area contributed by atoms with Gasteiger partial charge in [0, 0.05) is 0 Å². The smallest absolute Gasteiger partial charge is 0.122 e. The molecule has 0 aromatic heterocycles. The molecule has 0 atom stereocenters. The molecule has 26 heavy (non-hydrogen) atoms. The number of aryl methyl sites for hydroxylation is 2. The van der Waals surface area contributed by atoms with Gasteiger partial charge in [0.25, 0.3) is 0 Å². The molecule has 2 heteroatoms. The lowest BCUT2D eigenvalue weighted by atomic mass is 10.1. The van der Waals surface area contributed by atoms with Gasteiger partial charge < -0.3 is 9.47 Å². The third-order valence-electron chi connectivity index (χ3n) is 4.98. The molecule has 0 radical (unpaired) electrons. The number of rotatable bonds is 16. The topological polar surface area (TPSA) is 18.5 Å². The largest absolute Gasteiger partial charge is 0.493 e. The van der Waals surface area contributed by atoms with Crippen molar-refractivity contribution < 1.29 is 9.47 Å². The van der Waals surface area contributed by atoms with Crippen LogP contribution in [0.4, 0.5) is 0 Å². The molecule has 0 heterocycles. The predicted octanol–water partition coefficient (Wildman–Crippen LogP) is 7.78. The van der Waals surface area contributed by atoms with Crippen molar-refractivity contribution in [3.05, 3.63) is 23.3 Å². The molecule has 0 saturated carbocycles. The Bertz CT molecular complexity index is 424. The second-order valence-electron chi connectivity index (χ2n) is 7.62. The van der Waals surface area contributed by atoms with Gasteiger partial charge in [-0.3, -0.25) is 0 Å². The van der Waals surface area contributed by atoms with Crippen LogP contribution in [-0.4, -0.2) is 13.2 Å². The van der Waals surface area contributed by atoms with Crippen molar-refractivity contribution in [2.24, 2.45) is 0 Å². The molecule has 1 aromatic carbocycles. The Morgan fingerprint density at radius 2 is 0.885 bits per heavy atom. The van der Waals surface area contributed by atoms with Crippen LogP contribution in [0.15, 0.2) is 12.1 Å². The minimum Gasteiger partial charge on any atom is -0.493 e. The molecule has 0 amide bonds. The van der Waals surface area contributed by atoms with E-state index in [-0.39, 0.29) is 0 Å². The van der Waals surface area contributed by atoms with Crippen LogP contribution in [0.2, 0.25) is 0 Å². The Balaban J connectivity index is 2.26. The summed E-state index contributed by atoms with van der Waals surface area (Å²) in [6, 6.07) is 4.28. The van der Waals surface area contributed by atoms with Crippen LogP contribution in [0, 0.1) is 13.8 Å². The Kier molecular flexibility index (Phi) is 13.1. The van der Waals surface area contributed by atoms with Gasteiger partial charge in [-0.25, -0.2) is 0 Å². The van der Waals surface area contributed by atoms with Crippen molar-refractivity contribution >= 4 is 0 Å². The number of ether oxygens (including phenoxy) is 2. The summed E-state index contributed by atoms with van der Waals surface area (Å²) in [5, 5.41) is 0. The van der Waals surface area contributed by atoms with Gasteiger partial charge in [0.1, 0.15) is 11.5 Å². The molecular formula is C24H42O2. The number of hydrogen-bond donors (Lipinski definition) is 0. The van der Waals surface area contributed by atoms with Gasteiger partial charge in [-0.2, -0.15) is 0 Å². The van der Waals surface area contributed by atoms with Gasteiger partial charge in [-0.15, -0.1) is 0 Å². The highest BCUT2D eigenvalue weighted by atomic mass is 16.5. The molecule has 0 spiro atoms. The zero-order valence-corrected chi connectivity index (χ0v) is 17.9. The summed E-state index contributed by atoms with van der Waals surface area (Å²) in [6.45, 7) is 10.4. The van der Waals surface area contributed by atoms with E-state index in [1.807, 2.05) is 0 Å². The fourth-order valence-corrected chi connectivity index (χ4v) is 3.20. The van der Waals surface area contributed by atoms with Crippen molar-refractivity contribution in [1.29, 1.82) is 0 Å². The van der Waals surface area contributed by atoms with Crippen LogP contribution in [0.3, 0.4) is 0 Å². The number of benzene rings is 1. The van der Waals surface area contributed by atoms with E-state index in [2.05, 4.69) is 39.8 Å². The summed E-state index contributed by atoms with van der Waals surface area (Å²) in [6.07, 6.45) is 15.6. The minimum absolute atomic E-state index is 0.824. The van der Waals surface area contributed by atoms with E-state index in [9.17, 15) is 0 Å². The van der Waals surface area contributed by atoms with E-state index in [1.165, 1.54) is 75.3 Å². The van der Waals surface area contributed by atoms with Crippen molar-refractivity contribution in [1.82, 2.24) is 0 Å². The molecule has 1 aromatic rings. The predicted molar refractivity (Wildman–Crippen MR) is 114 cm³/mol. The Labute approximate surface area is 162 Å². The molecule has 0 aliphatic heterocycles. The third-order valence-corrected chi connectivity index (χ3v) is 4.98. The van der Waals surface area contributed by atoms with Gasteiger partial charge in [-0.1, -0.05) is 78.1 Å². The Morgan fingerprint density at radius 1 is 0.538 bits per heavy atom. The molecule has 0 unspecified atom stereocenters. The molecular weight excluding hydrogens is 320 g/mol. The summed E-state index contributed by atoms with van der Waals surface area (Å²) >= 11 is 0. The first kappa shape index (κ1) is 22.9. The first-order chi connectivity index (χ1) is 12.7. The van der Waals surface area contributed by atoms with Crippen LogP contribution < -0.4 is 9.47 Å². The maximum atomic E-state index is 6.00. The van der Waals surface area contributed by atoms with E-state index in [1.54, 1.807) is 0 Å². The highest BCUT2D eigenvalue weighted by Crippen LogP contribution is 2.28. The van der Waals surface area contributed by atoms with Crippen LogP contribution in [-0.2, 0) is 0 Å². The highest BCUT2D eigenvalue weighted by Gasteiger charge is 2.07. The summed E-state index contributed by atoms with van der Waals surface area (Å²) in [5.41, 5.74) is 2.36. The van der Waals surface area contributed by atoms with Crippen LogP contribution in [0.1, 0.15) is 102 Å². The lowest BCUT2D eigenvalue weighted by molar-refractivity contribution is 0.293. The lowest BCUT2D eigenvalue weighted by Gasteiger charge is -2.14. The van der Waals surface area contributed by atoms with Crippen molar-refractivity contribution in [3.63, 3.8) is 0 Å². The molecule has 0 N–H and O–H groups in total. The third kappa shape index (κ3) is 10.1. The number of unbranched alkanes of at least 4 members (excludes halogenated alkanes) is 10. The summed E-state index contributed by atoms with van der Waals surface area (Å²) in [7, 11) is 0. The lowest BCUT2D eigenvalue weighted by Crippen LogP contribution is -2.02. The molecule has 2 nitrogen and oxygen atoms in total. The second-order valence-corrected chi connectivity index (χ2v) is 7.62. The van der Waals surface area contributed by atoms with Gasteiger partial charge in [-0.05, 0) is 49.9 Å². The van der Waals surface area contributed by atoms with Crippen LogP contribution in [0.25, 0.3) is 0 Å². The molecule has 150 valence electrons. The fourth-order valence-electron chi connectivity index (χ4n) is 3.20. The molecule has 0 saturated heterocycles. The van der Waals surface area contributed by atoms with Gasteiger partial charge in [0.2, 0.25) is 0 Å². The standard InChI is InChI=1S/C24H42O2/c1-5-7-9-11-13-15-17-25-23-19-22(4)24(20-21(23)3)26-18-16-14-12-10-8-6-2/h19-20H,5-18H2,1-4H3. The van der Waals surface area contributed by atoms with Crippen molar-refractivity contribution in [3.8, 4) is 11.5 Å². The maximum absolute atomic E-state index is 6.00. The van der Waals surface area contributed by atoms with Gasteiger partial charge in [0.05, 0.1) is 13.2 Å².